The summed E-state index contributed by atoms with van der Waals surface area (Å²) < 4.78 is 12.1. The standard InChI is InChI=1S/C12H11BrO3/c13-8-6-10-12(16-5-4-15-10)11-7(8)2-1-3-9(11)14/h6H,1-5H2. The maximum atomic E-state index is 12.0. The van der Waals surface area contributed by atoms with Crippen LogP contribution >= 0.6 is 15.9 Å². The van der Waals surface area contributed by atoms with Gasteiger partial charge in [-0.3, -0.25) is 4.79 Å². The highest BCUT2D eigenvalue weighted by atomic mass is 79.9. The van der Waals surface area contributed by atoms with Crippen molar-refractivity contribution in [2.24, 2.45) is 0 Å². The van der Waals surface area contributed by atoms with Crippen LogP contribution in [0.25, 0.3) is 0 Å². The van der Waals surface area contributed by atoms with Gasteiger partial charge in [0.2, 0.25) is 0 Å². The summed E-state index contributed by atoms with van der Waals surface area (Å²) in [6.07, 6.45) is 2.46. The van der Waals surface area contributed by atoms with Crippen molar-refractivity contribution in [2.45, 2.75) is 19.3 Å². The van der Waals surface area contributed by atoms with Gasteiger partial charge in [-0.25, -0.2) is 0 Å². The Labute approximate surface area is 102 Å². The zero-order valence-corrected chi connectivity index (χ0v) is 10.3. The van der Waals surface area contributed by atoms with Gasteiger partial charge >= 0.3 is 0 Å². The summed E-state index contributed by atoms with van der Waals surface area (Å²) in [6, 6.07) is 1.91. The Morgan fingerprint density at radius 2 is 2.00 bits per heavy atom. The molecule has 1 aromatic rings. The Balaban J connectivity index is 2.25. The lowest BCUT2D eigenvalue weighted by Gasteiger charge is -2.25. The Kier molecular flexibility index (Phi) is 2.39. The zero-order chi connectivity index (χ0) is 11.1. The van der Waals surface area contributed by atoms with Gasteiger partial charge in [-0.05, 0) is 24.5 Å². The molecule has 0 saturated heterocycles. The van der Waals surface area contributed by atoms with Gasteiger partial charge in [0.05, 0.1) is 5.56 Å². The van der Waals surface area contributed by atoms with E-state index >= 15 is 0 Å². The lowest BCUT2D eigenvalue weighted by atomic mass is 9.89. The molecule has 1 aliphatic heterocycles. The summed E-state index contributed by atoms with van der Waals surface area (Å²) in [4.78, 5) is 12.0. The molecule has 1 aliphatic carbocycles. The smallest absolute Gasteiger partial charge is 0.172 e. The van der Waals surface area contributed by atoms with Gasteiger partial charge in [0.1, 0.15) is 13.2 Å². The van der Waals surface area contributed by atoms with Crippen LogP contribution in [-0.2, 0) is 6.42 Å². The summed E-state index contributed by atoms with van der Waals surface area (Å²) in [5.74, 6) is 1.51. The first-order valence-electron chi connectivity index (χ1n) is 5.41. The highest BCUT2D eigenvalue weighted by Gasteiger charge is 2.28. The van der Waals surface area contributed by atoms with E-state index < -0.39 is 0 Å². The Hall–Kier alpha value is -1.03. The van der Waals surface area contributed by atoms with E-state index in [0.717, 1.165) is 28.4 Å². The second-order valence-electron chi connectivity index (χ2n) is 4.01. The molecule has 0 unspecified atom stereocenters. The van der Waals surface area contributed by atoms with Crippen LogP contribution in [0.4, 0.5) is 0 Å². The molecular weight excluding hydrogens is 272 g/mol. The normalized spacial score (nSPS) is 18.2. The van der Waals surface area contributed by atoms with Crippen molar-refractivity contribution in [2.75, 3.05) is 13.2 Å². The summed E-state index contributed by atoms with van der Waals surface area (Å²) >= 11 is 3.50. The molecule has 2 aliphatic rings. The molecule has 4 heteroatoms. The van der Waals surface area contributed by atoms with Crippen molar-refractivity contribution in [3.8, 4) is 11.5 Å². The number of benzene rings is 1. The largest absolute Gasteiger partial charge is 0.486 e. The third kappa shape index (κ3) is 1.44. The summed E-state index contributed by atoms with van der Waals surface area (Å²) in [6.45, 7) is 1.07. The average Bonchev–Trinajstić information content (AvgIpc) is 2.30. The maximum Gasteiger partial charge on any atom is 0.172 e. The van der Waals surface area contributed by atoms with Crippen molar-refractivity contribution in [1.82, 2.24) is 0 Å². The van der Waals surface area contributed by atoms with E-state index in [4.69, 9.17) is 9.47 Å². The minimum Gasteiger partial charge on any atom is -0.486 e. The highest BCUT2D eigenvalue weighted by molar-refractivity contribution is 9.10. The number of ketones is 1. The number of halogens is 1. The number of hydrogen-bond donors (Lipinski definition) is 0. The number of fused-ring (bicyclic) bond motifs is 3. The predicted octanol–water partition coefficient (Wildman–Crippen LogP) is 2.74. The zero-order valence-electron chi connectivity index (χ0n) is 8.72. The second kappa shape index (κ2) is 3.77. The van der Waals surface area contributed by atoms with Crippen molar-refractivity contribution < 1.29 is 14.3 Å². The fourth-order valence-corrected chi connectivity index (χ4v) is 2.89. The van der Waals surface area contributed by atoms with E-state index in [0.29, 0.717) is 31.1 Å². The summed E-state index contributed by atoms with van der Waals surface area (Å²) in [5.41, 5.74) is 1.80. The fraction of sp³-hybridized carbons (Fsp3) is 0.417. The van der Waals surface area contributed by atoms with Crippen LogP contribution in [0.3, 0.4) is 0 Å². The van der Waals surface area contributed by atoms with E-state index in [-0.39, 0.29) is 5.78 Å². The molecule has 0 fully saturated rings. The van der Waals surface area contributed by atoms with Crippen molar-refractivity contribution in [3.05, 3.63) is 21.7 Å². The van der Waals surface area contributed by atoms with Crippen LogP contribution in [-0.4, -0.2) is 19.0 Å². The quantitative estimate of drug-likeness (QED) is 0.734. The van der Waals surface area contributed by atoms with E-state index in [1.165, 1.54) is 0 Å². The van der Waals surface area contributed by atoms with E-state index in [1.54, 1.807) is 0 Å². The first-order chi connectivity index (χ1) is 7.77. The number of Topliss-reactive ketones (excluding diaryl/α,β-unsaturated/α-hetero) is 1. The number of ether oxygens (including phenoxy) is 2. The van der Waals surface area contributed by atoms with Crippen molar-refractivity contribution >= 4 is 21.7 Å². The molecule has 84 valence electrons. The van der Waals surface area contributed by atoms with Gasteiger partial charge in [-0.15, -0.1) is 0 Å². The number of hydrogen-bond acceptors (Lipinski definition) is 3. The molecule has 0 aromatic heterocycles. The van der Waals surface area contributed by atoms with Crippen molar-refractivity contribution in [3.63, 3.8) is 0 Å². The highest BCUT2D eigenvalue weighted by Crippen LogP contribution is 2.43. The number of rotatable bonds is 0. The van der Waals surface area contributed by atoms with Crippen LogP contribution in [0.15, 0.2) is 10.5 Å². The monoisotopic (exact) mass is 282 g/mol. The molecule has 0 saturated carbocycles. The molecule has 1 aromatic carbocycles. The SMILES string of the molecule is O=C1CCCc2c(Br)cc3c(c21)OCCO3. The van der Waals surface area contributed by atoms with Gasteiger partial charge < -0.3 is 9.47 Å². The first-order valence-corrected chi connectivity index (χ1v) is 6.21. The van der Waals surface area contributed by atoms with Crippen LogP contribution < -0.4 is 9.47 Å². The molecule has 0 atom stereocenters. The fourth-order valence-electron chi connectivity index (χ4n) is 2.28. The van der Waals surface area contributed by atoms with E-state index in [2.05, 4.69) is 15.9 Å². The molecule has 0 radical (unpaired) electrons. The molecule has 16 heavy (non-hydrogen) atoms. The molecule has 0 bridgehead atoms. The number of carbonyl (C=O) groups is 1. The molecule has 0 spiro atoms. The van der Waals surface area contributed by atoms with Crippen molar-refractivity contribution in [1.29, 1.82) is 0 Å². The van der Waals surface area contributed by atoms with Gasteiger partial charge in [0.15, 0.2) is 17.3 Å². The molecule has 0 N–H and O–H groups in total. The molecule has 3 rings (SSSR count). The third-order valence-electron chi connectivity index (χ3n) is 3.00. The molecule has 1 heterocycles. The minimum atomic E-state index is 0.171. The Bertz CT molecular complexity index is 468. The lowest BCUT2D eigenvalue weighted by Crippen LogP contribution is -2.21. The predicted molar refractivity (Wildman–Crippen MR) is 62.4 cm³/mol. The number of carbonyl (C=O) groups excluding carboxylic acids is 1. The van der Waals surface area contributed by atoms with E-state index in [9.17, 15) is 4.79 Å². The summed E-state index contributed by atoms with van der Waals surface area (Å²) in [7, 11) is 0. The molecule has 0 amide bonds. The van der Waals surface area contributed by atoms with Crippen LogP contribution in [0.5, 0.6) is 11.5 Å². The Morgan fingerprint density at radius 1 is 1.19 bits per heavy atom. The van der Waals surface area contributed by atoms with Gasteiger partial charge in [0.25, 0.3) is 0 Å². The molecular formula is C12H11BrO3. The molecule has 3 nitrogen and oxygen atoms in total. The lowest BCUT2D eigenvalue weighted by molar-refractivity contribution is 0.0960. The van der Waals surface area contributed by atoms with Gasteiger partial charge in [-0.2, -0.15) is 0 Å². The van der Waals surface area contributed by atoms with Gasteiger partial charge in [0, 0.05) is 10.9 Å². The van der Waals surface area contributed by atoms with Crippen LogP contribution in [0.1, 0.15) is 28.8 Å². The van der Waals surface area contributed by atoms with E-state index in [1.807, 2.05) is 6.07 Å². The Morgan fingerprint density at radius 3 is 2.88 bits per heavy atom. The topological polar surface area (TPSA) is 35.5 Å². The minimum absolute atomic E-state index is 0.171. The second-order valence-corrected chi connectivity index (χ2v) is 4.87. The maximum absolute atomic E-state index is 12.0. The average molecular weight is 283 g/mol. The first kappa shape index (κ1) is 10.1. The summed E-state index contributed by atoms with van der Waals surface area (Å²) in [5, 5.41) is 0. The van der Waals surface area contributed by atoms with Crippen LogP contribution in [0.2, 0.25) is 0 Å². The third-order valence-corrected chi connectivity index (χ3v) is 3.70. The van der Waals surface area contributed by atoms with Crippen LogP contribution in [0, 0.1) is 0 Å². The van der Waals surface area contributed by atoms with Gasteiger partial charge in [-0.1, -0.05) is 15.9 Å².